The minimum atomic E-state index is 0.501. The maximum atomic E-state index is 5.25. The third-order valence-corrected chi connectivity index (χ3v) is 4.16. The van der Waals surface area contributed by atoms with Crippen LogP contribution >= 0.6 is 0 Å². The van der Waals surface area contributed by atoms with Gasteiger partial charge in [-0.2, -0.15) is 0 Å². The van der Waals surface area contributed by atoms with E-state index in [1.807, 2.05) is 6.07 Å². The molecule has 5 nitrogen and oxygen atoms in total. The highest BCUT2D eigenvalue weighted by atomic mass is 16.5. The summed E-state index contributed by atoms with van der Waals surface area (Å²) >= 11 is 0. The molecule has 1 aliphatic carbocycles. The van der Waals surface area contributed by atoms with Gasteiger partial charge < -0.3 is 14.6 Å². The van der Waals surface area contributed by atoms with E-state index in [4.69, 9.17) is 9.26 Å². The van der Waals surface area contributed by atoms with Crippen LogP contribution in [0, 0.1) is 5.92 Å². The number of methoxy groups -OCH3 is 1. The number of likely N-dealkylation sites (tertiary alicyclic amines) is 1. The summed E-state index contributed by atoms with van der Waals surface area (Å²) in [6.07, 6.45) is 5.39. The zero-order chi connectivity index (χ0) is 13.8. The molecule has 3 rings (SSSR count). The average molecular weight is 279 g/mol. The van der Waals surface area contributed by atoms with Crippen LogP contribution in [0.4, 0.5) is 0 Å². The molecule has 1 atom stereocenters. The lowest BCUT2D eigenvalue weighted by atomic mass is 9.98. The van der Waals surface area contributed by atoms with Gasteiger partial charge in [0.1, 0.15) is 6.61 Å². The molecule has 2 fully saturated rings. The lowest BCUT2D eigenvalue weighted by molar-refractivity contribution is 0.152. The molecular formula is C15H25N3O2. The van der Waals surface area contributed by atoms with Crippen molar-refractivity contribution in [1.82, 2.24) is 15.4 Å². The highest BCUT2D eigenvalue weighted by Gasteiger charge is 2.25. The molecule has 1 unspecified atom stereocenters. The van der Waals surface area contributed by atoms with Crippen LogP contribution in [0.5, 0.6) is 0 Å². The van der Waals surface area contributed by atoms with Gasteiger partial charge in [0.05, 0.1) is 5.69 Å². The molecule has 2 heterocycles. The lowest BCUT2D eigenvalue weighted by Crippen LogP contribution is -2.39. The molecule has 1 aromatic heterocycles. The number of aromatic nitrogens is 1. The Kier molecular flexibility index (Phi) is 4.70. The fraction of sp³-hybridized carbons (Fsp3) is 0.800. The standard InChI is InChI=1S/C15H25N3O2/c1-19-11-15-7-14(17-20-15)10-18-6-2-3-12(9-18)8-16-13-4-5-13/h7,12-13,16H,2-6,8-11H2,1H3. The van der Waals surface area contributed by atoms with Crippen LogP contribution < -0.4 is 5.32 Å². The third kappa shape index (κ3) is 4.04. The van der Waals surface area contributed by atoms with Gasteiger partial charge in [-0.1, -0.05) is 5.16 Å². The van der Waals surface area contributed by atoms with Crippen LogP contribution in [0.2, 0.25) is 0 Å². The summed E-state index contributed by atoms with van der Waals surface area (Å²) in [5, 5.41) is 7.78. The fourth-order valence-electron chi connectivity index (χ4n) is 2.95. The first-order valence-corrected chi connectivity index (χ1v) is 7.72. The molecule has 2 aliphatic rings. The van der Waals surface area contributed by atoms with Crippen molar-refractivity contribution < 1.29 is 9.26 Å². The van der Waals surface area contributed by atoms with Gasteiger partial charge in [0, 0.05) is 32.3 Å². The SMILES string of the molecule is COCc1cc(CN2CCCC(CNC3CC3)C2)no1. The highest BCUT2D eigenvalue weighted by Crippen LogP contribution is 2.22. The van der Waals surface area contributed by atoms with Crippen LogP contribution in [0.1, 0.15) is 37.1 Å². The number of hydrogen-bond acceptors (Lipinski definition) is 5. The van der Waals surface area contributed by atoms with E-state index in [1.54, 1.807) is 7.11 Å². The minimum Gasteiger partial charge on any atom is -0.377 e. The summed E-state index contributed by atoms with van der Waals surface area (Å²) < 4.78 is 10.3. The number of piperidine rings is 1. The van der Waals surface area contributed by atoms with Gasteiger partial charge >= 0.3 is 0 Å². The first-order chi connectivity index (χ1) is 9.83. The number of nitrogens with one attached hydrogen (secondary N) is 1. The summed E-state index contributed by atoms with van der Waals surface area (Å²) in [4.78, 5) is 2.50. The zero-order valence-electron chi connectivity index (χ0n) is 12.3. The van der Waals surface area contributed by atoms with Crippen molar-refractivity contribution in [2.45, 2.75) is 44.9 Å². The smallest absolute Gasteiger partial charge is 0.162 e. The fourth-order valence-corrected chi connectivity index (χ4v) is 2.95. The zero-order valence-corrected chi connectivity index (χ0v) is 12.3. The molecule has 20 heavy (non-hydrogen) atoms. The second kappa shape index (κ2) is 6.70. The first kappa shape index (κ1) is 14.0. The van der Waals surface area contributed by atoms with E-state index in [-0.39, 0.29) is 0 Å². The maximum absolute atomic E-state index is 5.25. The number of hydrogen-bond donors (Lipinski definition) is 1. The molecule has 1 aromatic rings. The van der Waals surface area contributed by atoms with Gasteiger partial charge in [-0.3, -0.25) is 4.90 Å². The van der Waals surface area contributed by atoms with Gasteiger partial charge in [0.15, 0.2) is 5.76 Å². The van der Waals surface area contributed by atoms with E-state index in [2.05, 4.69) is 15.4 Å². The summed E-state index contributed by atoms with van der Waals surface area (Å²) in [5.41, 5.74) is 1.02. The number of nitrogens with zero attached hydrogens (tertiary/aromatic N) is 2. The Morgan fingerprint density at radius 2 is 2.35 bits per heavy atom. The quantitative estimate of drug-likeness (QED) is 0.824. The van der Waals surface area contributed by atoms with E-state index >= 15 is 0 Å². The molecule has 112 valence electrons. The largest absolute Gasteiger partial charge is 0.377 e. The van der Waals surface area contributed by atoms with Crippen LogP contribution in [0.15, 0.2) is 10.6 Å². The molecule has 0 radical (unpaired) electrons. The Labute approximate surface area is 120 Å². The molecule has 1 N–H and O–H groups in total. The van der Waals surface area contributed by atoms with E-state index in [0.29, 0.717) is 6.61 Å². The molecule has 1 aliphatic heterocycles. The van der Waals surface area contributed by atoms with Crippen molar-refractivity contribution in [2.24, 2.45) is 5.92 Å². The Hall–Kier alpha value is -0.910. The van der Waals surface area contributed by atoms with E-state index < -0.39 is 0 Å². The molecule has 0 spiro atoms. The predicted molar refractivity (Wildman–Crippen MR) is 76.2 cm³/mol. The van der Waals surface area contributed by atoms with Crippen LogP contribution in [-0.4, -0.2) is 42.8 Å². The van der Waals surface area contributed by atoms with Gasteiger partial charge in [-0.25, -0.2) is 0 Å². The van der Waals surface area contributed by atoms with Gasteiger partial charge in [0.25, 0.3) is 0 Å². The Bertz CT molecular complexity index is 417. The minimum absolute atomic E-state index is 0.501. The summed E-state index contributed by atoms with van der Waals surface area (Å²) in [6.45, 7) is 4.92. The van der Waals surface area contributed by atoms with Crippen LogP contribution in [0.25, 0.3) is 0 Å². The molecule has 0 aromatic carbocycles. The van der Waals surface area contributed by atoms with Crippen molar-refractivity contribution in [1.29, 1.82) is 0 Å². The molecule has 0 bridgehead atoms. The molecular weight excluding hydrogens is 254 g/mol. The number of rotatable bonds is 7. The van der Waals surface area contributed by atoms with Crippen LogP contribution in [0.3, 0.4) is 0 Å². The normalized spacial score (nSPS) is 24.1. The van der Waals surface area contributed by atoms with E-state index in [9.17, 15) is 0 Å². The molecule has 0 amide bonds. The van der Waals surface area contributed by atoms with Gasteiger partial charge in [-0.15, -0.1) is 0 Å². The van der Waals surface area contributed by atoms with Crippen molar-refractivity contribution >= 4 is 0 Å². The maximum Gasteiger partial charge on any atom is 0.162 e. The highest BCUT2D eigenvalue weighted by molar-refractivity contribution is 5.04. The Balaban J connectivity index is 1.45. The summed E-state index contributed by atoms with van der Waals surface area (Å²) in [6, 6.07) is 2.83. The summed E-state index contributed by atoms with van der Waals surface area (Å²) in [7, 11) is 1.67. The monoisotopic (exact) mass is 279 g/mol. The second-order valence-electron chi connectivity index (χ2n) is 6.14. The van der Waals surface area contributed by atoms with Crippen molar-refractivity contribution in [2.75, 3.05) is 26.7 Å². The Morgan fingerprint density at radius 1 is 1.45 bits per heavy atom. The second-order valence-corrected chi connectivity index (χ2v) is 6.14. The molecule has 1 saturated heterocycles. The van der Waals surface area contributed by atoms with Crippen LogP contribution in [-0.2, 0) is 17.9 Å². The number of ether oxygens (including phenoxy) is 1. The topological polar surface area (TPSA) is 50.5 Å². The third-order valence-electron chi connectivity index (χ3n) is 4.16. The van der Waals surface area contributed by atoms with E-state index in [0.717, 1.165) is 30.0 Å². The molecule has 5 heteroatoms. The summed E-state index contributed by atoms with van der Waals surface area (Å²) in [5.74, 6) is 1.60. The molecule has 1 saturated carbocycles. The average Bonchev–Trinajstić information content (AvgIpc) is 3.19. The van der Waals surface area contributed by atoms with E-state index in [1.165, 1.54) is 45.3 Å². The first-order valence-electron chi connectivity index (χ1n) is 7.72. The van der Waals surface area contributed by atoms with Crippen molar-refractivity contribution in [3.63, 3.8) is 0 Å². The van der Waals surface area contributed by atoms with Crippen molar-refractivity contribution in [3.05, 3.63) is 17.5 Å². The van der Waals surface area contributed by atoms with Gasteiger partial charge in [0.2, 0.25) is 0 Å². The van der Waals surface area contributed by atoms with Crippen molar-refractivity contribution in [3.8, 4) is 0 Å². The Morgan fingerprint density at radius 3 is 3.15 bits per heavy atom. The predicted octanol–water partition coefficient (Wildman–Crippen LogP) is 1.78. The van der Waals surface area contributed by atoms with Gasteiger partial charge in [-0.05, 0) is 44.7 Å². The lowest BCUT2D eigenvalue weighted by Gasteiger charge is -2.32.